The number of anilines is 1. The van der Waals surface area contributed by atoms with Crippen molar-refractivity contribution in [3.8, 4) is 17.7 Å². The number of hydrogen-bond donors (Lipinski definition) is 1. The number of methoxy groups -OCH3 is 1. The number of aromatic nitrogens is 2. The molecule has 2 N–H and O–H groups in total. The molecule has 0 aliphatic rings. The molecule has 1 aromatic rings. The van der Waals surface area contributed by atoms with Gasteiger partial charge >= 0.3 is 0 Å². The first-order valence-corrected chi connectivity index (χ1v) is 5.40. The maximum absolute atomic E-state index is 10.6. The molecule has 0 aliphatic heterocycles. The van der Waals surface area contributed by atoms with E-state index in [2.05, 4.69) is 21.8 Å². The maximum Gasteiger partial charge on any atom is 0.258 e. The Hall–Kier alpha value is -1.74. The molecular formula is C10H11N3O2S. The van der Waals surface area contributed by atoms with Gasteiger partial charge in [-0.1, -0.05) is 17.7 Å². The van der Waals surface area contributed by atoms with Crippen LogP contribution in [0.25, 0.3) is 0 Å². The van der Waals surface area contributed by atoms with Gasteiger partial charge in [-0.25, -0.2) is 4.98 Å². The second-order valence-electron chi connectivity index (χ2n) is 2.73. The zero-order valence-corrected chi connectivity index (χ0v) is 9.80. The molecule has 0 atom stereocenters. The van der Waals surface area contributed by atoms with E-state index < -0.39 is 0 Å². The molecular weight excluding hydrogens is 226 g/mol. The molecule has 0 aromatic carbocycles. The summed E-state index contributed by atoms with van der Waals surface area (Å²) in [7, 11) is 1.46. The number of nitrogen functional groups attached to an aromatic ring is 1. The van der Waals surface area contributed by atoms with E-state index in [1.807, 2.05) is 0 Å². The Labute approximate surface area is 97.8 Å². The number of rotatable bonds is 2. The van der Waals surface area contributed by atoms with E-state index in [0.29, 0.717) is 11.4 Å². The molecule has 1 rings (SSSR count). The average molecular weight is 237 g/mol. The Bertz CT molecular complexity index is 451. The summed E-state index contributed by atoms with van der Waals surface area (Å²) >= 11 is 1.15. The Morgan fingerprint density at radius 2 is 2.44 bits per heavy atom. The Kier molecular flexibility index (Phi) is 4.61. The van der Waals surface area contributed by atoms with Crippen molar-refractivity contribution in [2.45, 2.75) is 6.92 Å². The third-order valence-corrected chi connectivity index (χ3v) is 2.22. The summed E-state index contributed by atoms with van der Waals surface area (Å²) in [6.45, 7) is 1.50. The number of thioether (sulfide) groups is 1. The van der Waals surface area contributed by atoms with Gasteiger partial charge in [0.05, 0.1) is 19.1 Å². The van der Waals surface area contributed by atoms with E-state index in [1.54, 1.807) is 0 Å². The van der Waals surface area contributed by atoms with Gasteiger partial charge in [-0.3, -0.25) is 4.79 Å². The van der Waals surface area contributed by atoms with Gasteiger partial charge in [0.1, 0.15) is 5.69 Å². The minimum Gasteiger partial charge on any atom is -0.478 e. The van der Waals surface area contributed by atoms with Crippen molar-refractivity contribution in [3.05, 3.63) is 11.9 Å². The predicted octanol–water partition coefficient (Wildman–Crippen LogP) is 0.699. The van der Waals surface area contributed by atoms with Crippen LogP contribution in [-0.2, 0) is 4.79 Å². The summed E-state index contributed by atoms with van der Waals surface area (Å²) in [5.74, 6) is 6.48. The average Bonchev–Trinajstić information content (AvgIpc) is 2.26. The lowest BCUT2D eigenvalue weighted by Gasteiger charge is -2.00. The van der Waals surface area contributed by atoms with Crippen LogP contribution in [0.1, 0.15) is 12.6 Å². The first-order chi connectivity index (χ1) is 7.63. The van der Waals surface area contributed by atoms with Crippen LogP contribution in [0.5, 0.6) is 5.88 Å². The summed E-state index contributed by atoms with van der Waals surface area (Å²) in [5, 5.41) is 0.0373. The molecule has 0 bridgehead atoms. The van der Waals surface area contributed by atoms with Crippen LogP contribution < -0.4 is 10.5 Å². The van der Waals surface area contributed by atoms with Crippen LogP contribution in [0.2, 0.25) is 0 Å². The number of nitrogens with zero attached hydrogens (tertiary/aromatic N) is 2. The van der Waals surface area contributed by atoms with Crippen molar-refractivity contribution >= 4 is 22.7 Å². The fourth-order valence-corrected chi connectivity index (χ4v) is 1.20. The topological polar surface area (TPSA) is 78.1 Å². The molecule has 5 nitrogen and oxygen atoms in total. The van der Waals surface area contributed by atoms with E-state index in [1.165, 1.54) is 20.2 Å². The highest BCUT2D eigenvalue weighted by Crippen LogP contribution is 2.13. The van der Waals surface area contributed by atoms with E-state index in [9.17, 15) is 4.79 Å². The maximum atomic E-state index is 10.6. The van der Waals surface area contributed by atoms with Crippen molar-refractivity contribution in [1.29, 1.82) is 0 Å². The van der Waals surface area contributed by atoms with E-state index in [4.69, 9.17) is 10.5 Å². The Morgan fingerprint density at radius 1 is 1.69 bits per heavy atom. The number of hydrogen-bond acceptors (Lipinski definition) is 6. The lowest BCUT2D eigenvalue weighted by Crippen LogP contribution is -1.99. The van der Waals surface area contributed by atoms with Crippen molar-refractivity contribution in [2.75, 3.05) is 18.6 Å². The molecule has 0 aliphatic carbocycles. The quantitative estimate of drug-likeness (QED) is 0.763. The number of ether oxygens (including phenoxy) is 1. The van der Waals surface area contributed by atoms with Crippen molar-refractivity contribution in [2.24, 2.45) is 0 Å². The molecule has 0 radical (unpaired) electrons. The van der Waals surface area contributed by atoms with Gasteiger partial charge in [-0.15, -0.1) is 0 Å². The summed E-state index contributed by atoms with van der Waals surface area (Å²) in [6, 6.07) is 0. The smallest absolute Gasteiger partial charge is 0.258 e. The minimum absolute atomic E-state index is 0.0373. The highest BCUT2D eigenvalue weighted by molar-refractivity contribution is 8.13. The minimum atomic E-state index is 0.0373. The van der Waals surface area contributed by atoms with Gasteiger partial charge in [0.15, 0.2) is 10.9 Å². The SMILES string of the molecule is COc1nc(C#CCSC(C)=O)cnc1N. The van der Waals surface area contributed by atoms with Gasteiger partial charge in [0, 0.05) is 6.92 Å². The van der Waals surface area contributed by atoms with Gasteiger partial charge in [-0.05, 0) is 5.92 Å². The van der Waals surface area contributed by atoms with Crippen LogP contribution in [0.15, 0.2) is 6.20 Å². The second kappa shape index (κ2) is 5.98. The molecule has 0 amide bonds. The normalized spacial score (nSPS) is 9.12. The third-order valence-electron chi connectivity index (χ3n) is 1.52. The van der Waals surface area contributed by atoms with Crippen LogP contribution in [0.4, 0.5) is 5.82 Å². The Balaban J connectivity index is 2.70. The van der Waals surface area contributed by atoms with Gasteiger partial charge in [0.25, 0.3) is 5.88 Å². The zero-order valence-electron chi connectivity index (χ0n) is 8.98. The fraction of sp³-hybridized carbons (Fsp3) is 0.300. The van der Waals surface area contributed by atoms with E-state index >= 15 is 0 Å². The first kappa shape index (κ1) is 12.3. The summed E-state index contributed by atoms with van der Waals surface area (Å²) in [6.07, 6.45) is 1.46. The molecule has 0 fully saturated rings. The number of nitrogens with two attached hydrogens (primary N) is 1. The predicted molar refractivity (Wildman–Crippen MR) is 63.0 cm³/mol. The van der Waals surface area contributed by atoms with E-state index in [-0.39, 0.29) is 16.8 Å². The fourth-order valence-electron chi connectivity index (χ4n) is 0.856. The molecule has 1 aromatic heterocycles. The monoisotopic (exact) mass is 237 g/mol. The van der Waals surface area contributed by atoms with Crippen molar-refractivity contribution < 1.29 is 9.53 Å². The molecule has 1 heterocycles. The summed E-state index contributed by atoms with van der Waals surface area (Å²) in [5.41, 5.74) is 5.97. The van der Waals surface area contributed by atoms with Crippen molar-refractivity contribution in [1.82, 2.24) is 9.97 Å². The highest BCUT2D eigenvalue weighted by atomic mass is 32.2. The molecule has 0 unspecified atom stereocenters. The van der Waals surface area contributed by atoms with Crippen molar-refractivity contribution in [3.63, 3.8) is 0 Å². The summed E-state index contributed by atoms with van der Waals surface area (Å²) < 4.78 is 4.90. The van der Waals surface area contributed by atoms with Crippen LogP contribution in [-0.4, -0.2) is 27.9 Å². The molecule has 0 saturated heterocycles. The van der Waals surface area contributed by atoms with Gasteiger partial charge in [0.2, 0.25) is 0 Å². The Morgan fingerprint density at radius 3 is 3.06 bits per heavy atom. The van der Waals surface area contributed by atoms with E-state index in [0.717, 1.165) is 11.8 Å². The van der Waals surface area contributed by atoms with Gasteiger partial charge < -0.3 is 10.5 Å². The standard InChI is InChI=1S/C10H11N3O2S/c1-7(14)16-5-3-4-8-6-12-9(11)10(13-8)15-2/h6H,5H2,1-2H3,(H2,11,12). The molecule has 16 heavy (non-hydrogen) atoms. The zero-order chi connectivity index (χ0) is 12.0. The lowest BCUT2D eigenvalue weighted by atomic mass is 10.4. The number of carbonyl (C=O) groups is 1. The molecule has 0 saturated carbocycles. The van der Waals surface area contributed by atoms with Crippen LogP contribution >= 0.6 is 11.8 Å². The lowest BCUT2D eigenvalue weighted by molar-refractivity contribution is -0.109. The second-order valence-corrected chi connectivity index (χ2v) is 3.88. The third kappa shape index (κ3) is 3.79. The van der Waals surface area contributed by atoms with Crippen LogP contribution in [0.3, 0.4) is 0 Å². The molecule has 0 spiro atoms. The van der Waals surface area contributed by atoms with Crippen LogP contribution in [0, 0.1) is 11.8 Å². The summed E-state index contributed by atoms with van der Waals surface area (Å²) in [4.78, 5) is 18.5. The van der Waals surface area contributed by atoms with Gasteiger partial charge in [-0.2, -0.15) is 4.98 Å². The molecule has 6 heteroatoms. The molecule has 84 valence electrons. The largest absolute Gasteiger partial charge is 0.478 e. The highest BCUT2D eigenvalue weighted by Gasteiger charge is 2.01. The first-order valence-electron chi connectivity index (χ1n) is 4.42. The number of carbonyl (C=O) groups excluding carboxylic acids is 1.